The minimum Gasteiger partial charge on any atom is -0.493 e. The van der Waals surface area contributed by atoms with Gasteiger partial charge in [-0.2, -0.15) is 9.78 Å². The third-order valence-corrected chi connectivity index (χ3v) is 5.24. The highest BCUT2D eigenvalue weighted by molar-refractivity contribution is 6.31. The summed E-state index contributed by atoms with van der Waals surface area (Å²) in [5.74, 6) is 0.846. The molecule has 26 heavy (non-hydrogen) atoms. The number of aromatic nitrogens is 3. The molecular formula is C20H21ClN4O. The van der Waals surface area contributed by atoms with Crippen molar-refractivity contribution in [2.24, 2.45) is 0 Å². The Bertz CT molecular complexity index is 894. The molecule has 6 heteroatoms. The molecule has 1 unspecified atom stereocenters. The van der Waals surface area contributed by atoms with Crippen LogP contribution in [0, 0.1) is 0 Å². The number of hydrogen-bond donors (Lipinski definition) is 2. The number of rotatable bonds is 5. The molecule has 0 aliphatic heterocycles. The first kappa shape index (κ1) is 17.1. The first-order chi connectivity index (χ1) is 12.7. The number of pyridine rings is 1. The van der Waals surface area contributed by atoms with Gasteiger partial charge in [0, 0.05) is 22.8 Å². The zero-order valence-electron chi connectivity index (χ0n) is 14.4. The van der Waals surface area contributed by atoms with E-state index in [2.05, 4.69) is 21.5 Å². The SMILES string of the molecule is Oc1c2c(nn1-c1ccccn1)CCC(NCCc1ccccc1Cl)C2. The van der Waals surface area contributed by atoms with Gasteiger partial charge in [-0.05, 0) is 56.0 Å². The Labute approximate surface area is 157 Å². The van der Waals surface area contributed by atoms with Crippen LogP contribution in [0.5, 0.6) is 5.88 Å². The van der Waals surface area contributed by atoms with Crippen molar-refractivity contribution in [3.63, 3.8) is 0 Å². The largest absolute Gasteiger partial charge is 0.493 e. The minimum absolute atomic E-state index is 0.205. The molecule has 0 fully saturated rings. The van der Waals surface area contributed by atoms with Crippen molar-refractivity contribution < 1.29 is 5.11 Å². The van der Waals surface area contributed by atoms with Crippen molar-refractivity contribution >= 4 is 11.6 Å². The monoisotopic (exact) mass is 368 g/mol. The van der Waals surface area contributed by atoms with Crippen LogP contribution >= 0.6 is 11.6 Å². The third-order valence-electron chi connectivity index (χ3n) is 4.87. The third kappa shape index (κ3) is 3.45. The maximum absolute atomic E-state index is 10.6. The number of fused-ring (bicyclic) bond motifs is 1. The van der Waals surface area contributed by atoms with E-state index in [0.717, 1.165) is 54.1 Å². The molecule has 3 aromatic rings. The van der Waals surface area contributed by atoms with Crippen molar-refractivity contribution in [2.45, 2.75) is 31.7 Å². The van der Waals surface area contributed by atoms with E-state index < -0.39 is 0 Å². The summed E-state index contributed by atoms with van der Waals surface area (Å²) in [5, 5.41) is 19.6. The van der Waals surface area contributed by atoms with Crippen LogP contribution in [0.4, 0.5) is 0 Å². The fourth-order valence-electron chi connectivity index (χ4n) is 3.48. The summed E-state index contributed by atoms with van der Waals surface area (Å²) in [5.41, 5.74) is 3.05. The van der Waals surface area contributed by atoms with Gasteiger partial charge in [0.2, 0.25) is 5.88 Å². The maximum atomic E-state index is 10.6. The van der Waals surface area contributed by atoms with E-state index in [1.807, 2.05) is 36.4 Å². The van der Waals surface area contributed by atoms with Crippen LogP contribution < -0.4 is 5.32 Å². The molecule has 134 valence electrons. The molecule has 1 aromatic carbocycles. The van der Waals surface area contributed by atoms with Crippen LogP contribution in [0.2, 0.25) is 5.02 Å². The number of aromatic hydroxyl groups is 1. The van der Waals surface area contributed by atoms with E-state index in [1.165, 1.54) is 4.68 Å². The quantitative estimate of drug-likeness (QED) is 0.725. The summed E-state index contributed by atoms with van der Waals surface area (Å²) >= 11 is 6.22. The molecule has 1 atom stereocenters. The zero-order chi connectivity index (χ0) is 17.9. The van der Waals surface area contributed by atoms with Gasteiger partial charge >= 0.3 is 0 Å². The van der Waals surface area contributed by atoms with Crippen LogP contribution in [-0.2, 0) is 19.3 Å². The molecule has 2 N–H and O–H groups in total. The molecular weight excluding hydrogens is 348 g/mol. The summed E-state index contributed by atoms with van der Waals surface area (Å²) in [6, 6.07) is 13.9. The topological polar surface area (TPSA) is 63.0 Å². The van der Waals surface area contributed by atoms with Crippen LogP contribution in [0.1, 0.15) is 23.2 Å². The highest BCUT2D eigenvalue weighted by Crippen LogP contribution is 2.30. The number of halogens is 1. The van der Waals surface area contributed by atoms with Gasteiger partial charge in [-0.25, -0.2) is 4.98 Å². The number of aryl methyl sites for hydroxylation is 1. The summed E-state index contributed by atoms with van der Waals surface area (Å²) in [4.78, 5) is 4.28. The first-order valence-corrected chi connectivity index (χ1v) is 9.28. The highest BCUT2D eigenvalue weighted by atomic mass is 35.5. The van der Waals surface area contributed by atoms with E-state index in [0.29, 0.717) is 11.9 Å². The number of nitrogens with one attached hydrogen (secondary N) is 1. The van der Waals surface area contributed by atoms with Gasteiger partial charge in [0.05, 0.1) is 5.69 Å². The lowest BCUT2D eigenvalue weighted by atomic mass is 9.93. The van der Waals surface area contributed by atoms with Crippen LogP contribution in [0.15, 0.2) is 48.7 Å². The summed E-state index contributed by atoms with van der Waals surface area (Å²) in [6.07, 6.45) is 5.23. The Morgan fingerprint density at radius 3 is 2.85 bits per heavy atom. The molecule has 0 amide bonds. The van der Waals surface area contributed by atoms with Crippen LogP contribution in [-0.4, -0.2) is 32.5 Å². The van der Waals surface area contributed by atoms with Gasteiger partial charge in [0.1, 0.15) is 0 Å². The Balaban J connectivity index is 1.42. The molecule has 0 saturated carbocycles. The van der Waals surface area contributed by atoms with E-state index in [1.54, 1.807) is 6.20 Å². The van der Waals surface area contributed by atoms with Crippen molar-refractivity contribution in [3.8, 4) is 11.7 Å². The van der Waals surface area contributed by atoms with Crippen molar-refractivity contribution in [3.05, 3.63) is 70.5 Å². The molecule has 2 aromatic heterocycles. The normalized spacial score (nSPS) is 16.4. The Kier molecular flexibility index (Phi) is 4.91. The van der Waals surface area contributed by atoms with E-state index in [9.17, 15) is 5.11 Å². The number of benzene rings is 1. The van der Waals surface area contributed by atoms with Gasteiger partial charge in [-0.3, -0.25) is 0 Å². The molecule has 2 heterocycles. The predicted octanol–water partition coefficient (Wildman–Crippen LogP) is 3.32. The molecule has 5 nitrogen and oxygen atoms in total. The van der Waals surface area contributed by atoms with Crippen molar-refractivity contribution in [1.82, 2.24) is 20.1 Å². The minimum atomic E-state index is 0.205. The lowest BCUT2D eigenvalue weighted by Gasteiger charge is -2.22. The fourth-order valence-corrected chi connectivity index (χ4v) is 3.71. The average molecular weight is 369 g/mol. The van der Waals surface area contributed by atoms with Crippen LogP contribution in [0.3, 0.4) is 0 Å². The molecule has 1 aliphatic carbocycles. The second-order valence-electron chi connectivity index (χ2n) is 6.58. The fraction of sp³-hybridized carbons (Fsp3) is 0.300. The summed E-state index contributed by atoms with van der Waals surface area (Å²) < 4.78 is 1.54. The zero-order valence-corrected chi connectivity index (χ0v) is 15.2. The highest BCUT2D eigenvalue weighted by Gasteiger charge is 2.26. The number of nitrogens with zero attached hydrogens (tertiary/aromatic N) is 3. The van der Waals surface area contributed by atoms with Crippen molar-refractivity contribution in [1.29, 1.82) is 0 Å². The smallest absolute Gasteiger partial charge is 0.219 e. The molecule has 0 saturated heterocycles. The lowest BCUT2D eigenvalue weighted by Crippen LogP contribution is -2.35. The molecule has 0 bridgehead atoms. The predicted molar refractivity (Wildman–Crippen MR) is 102 cm³/mol. The second kappa shape index (κ2) is 7.48. The molecule has 0 radical (unpaired) electrons. The summed E-state index contributed by atoms with van der Waals surface area (Å²) in [6.45, 7) is 0.860. The van der Waals surface area contributed by atoms with Gasteiger partial charge in [-0.15, -0.1) is 0 Å². The Morgan fingerprint density at radius 2 is 2.04 bits per heavy atom. The van der Waals surface area contributed by atoms with E-state index >= 15 is 0 Å². The average Bonchev–Trinajstić information content (AvgIpc) is 3.00. The summed E-state index contributed by atoms with van der Waals surface area (Å²) in [7, 11) is 0. The lowest BCUT2D eigenvalue weighted by molar-refractivity contribution is 0.413. The molecule has 1 aliphatic rings. The Hall–Kier alpha value is -2.37. The second-order valence-corrected chi connectivity index (χ2v) is 6.99. The van der Waals surface area contributed by atoms with Gasteiger partial charge in [0.15, 0.2) is 5.82 Å². The van der Waals surface area contributed by atoms with E-state index in [-0.39, 0.29) is 5.88 Å². The van der Waals surface area contributed by atoms with Gasteiger partial charge in [-0.1, -0.05) is 35.9 Å². The standard InChI is InChI=1S/C20H21ClN4O/c21-17-6-2-1-5-14(17)10-12-22-15-8-9-18-16(13-15)20(26)25(24-18)19-7-3-4-11-23-19/h1-7,11,15,22,26H,8-10,12-13H2. The molecule has 4 rings (SSSR count). The van der Waals surface area contributed by atoms with Gasteiger partial charge in [0.25, 0.3) is 0 Å². The van der Waals surface area contributed by atoms with E-state index in [4.69, 9.17) is 11.6 Å². The van der Waals surface area contributed by atoms with Crippen molar-refractivity contribution in [2.75, 3.05) is 6.54 Å². The Morgan fingerprint density at radius 1 is 1.19 bits per heavy atom. The van der Waals surface area contributed by atoms with Crippen LogP contribution in [0.25, 0.3) is 5.82 Å². The van der Waals surface area contributed by atoms with Gasteiger partial charge < -0.3 is 10.4 Å². The molecule has 0 spiro atoms. The number of hydrogen-bond acceptors (Lipinski definition) is 4. The maximum Gasteiger partial charge on any atom is 0.219 e. The first-order valence-electron chi connectivity index (χ1n) is 8.90.